The van der Waals surface area contributed by atoms with E-state index in [1.807, 2.05) is 30.3 Å². The van der Waals surface area contributed by atoms with Gasteiger partial charge in [-0.25, -0.2) is 9.37 Å². The summed E-state index contributed by atoms with van der Waals surface area (Å²) in [5.74, 6) is 0.387. The van der Waals surface area contributed by atoms with Crippen LogP contribution < -0.4 is 5.32 Å². The average molecular weight is 341 g/mol. The second kappa shape index (κ2) is 7.31. The van der Waals surface area contributed by atoms with Crippen LogP contribution in [0.4, 0.5) is 10.1 Å². The molecule has 122 valence electrons. The zero-order chi connectivity index (χ0) is 16.9. The molecule has 0 saturated carbocycles. The molecule has 3 rings (SSSR count). The van der Waals surface area contributed by atoms with Crippen LogP contribution >= 0.6 is 11.8 Å². The Morgan fingerprint density at radius 3 is 2.71 bits per heavy atom. The second-order valence-corrected chi connectivity index (χ2v) is 6.21. The largest absolute Gasteiger partial charge is 0.325 e. The van der Waals surface area contributed by atoms with Crippen molar-refractivity contribution in [1.82, 2.24) is 9.55 Å². The fraction of sp³-hybridized carbons (Fsp3) is 0.111. The number of aromatic nitrogens is 2. The number of carbonyl (C=O) groups excluding carboxylic acids is 1. The first-order valence-electron chi connectivity index (χ1n) is 7.41. The van der Waals surface area contributed by atoms with Gasteiger partial charge in [-0.1, -0.05) is 18.2 Å². The summed E-state index contributed by atoms with van der Waals surface area (Å²) in [6, 6.07) is 14.3. The number of anilines is 1. The molecule has 0 radical (unpaired) electrons. The van der Waals surface area contributed by atoms with Crippen LogP contribution in [0, 0.1) is 12.7 Å². The Morgan fingerprint density at radius 2 is 2.04 bits per heavy atom. The lowest BCUT2D eigenvalue weighted by molar-refractivity contribution is -0.113. The van der Waals surface area contributed by atoms with Crippen molar-refractivity contribution >= 4 is 23.4 Å². The molecule has 1 aromatic heterocycles. The molecule has 0 aliphatic rings. The molecule has 24 heavy (non-hydrogen) atoms. The molecule has 4 nitrogen and oxygen atoms in total. The number of thioether (sulfide) groups is 1. The minimum Gasteiger partial charge on any atom is -0.325 e. The van der Waals surface area contributed by atoms with Crippen LogP contribution in [-0.2, 0) is 4.79 Å². The highest BCUT2D eigenvalue weighted by Gasteiger charge is 2.10. The standard InChI is InChI=1S/C18H16FN3OS/c1-13-20-9-10-22(13)17-8-7-14(11-16(17)19)21-18(23)12-24-15-5-3-2-4-6-15/h2-11H,12H2,1H3,(H,21,23). The highest BCUT2D eigenvalue weighted by Crippen LogP contribution is 2.21. The van der Waals surface area contributed by atoms with Gasteiger partial charge < -0.3 is 9.88 Å². The van der Waals surface area contributed by atoms with Crippen molar-refractivity contribution in [3.05, 3.63) is 72.6 Å². The van der Waals surface area contributed by atoms with E-state index in [1.165, 1.54) is 17.8 Å². The van der Waals surface area contributed by atoms with E-state index >= 15 is 0 Å². The monoisotopic (exact) mass is 341 g/mol. The number of carbonyl (C=O) groups is 1. The summed E-state index contributed by atoms with van der Waals surface area (Å²) in [4.78, 5) is 17.1. The Kier molecular flexibility index (Phi) is 4.96. The molecule has 6 heteroatoms. The highest BCUT2D eigenvalue weighted by atomic mass is 32.2. The van der Waals surface area contributed by atoms with E-state index in [0.29, 0.717) is 17.2 Å². The smallest absolute Gasteiger partial charge is 0.234 e. The van der Waals surface area contributed by atoms with Crippen molar-refractivity contribution in [2.45, 2.75) is 11.8 Å². The van der Waals surface area contributed by atoms with Gasteiger partial charge in [0.25, 0.3) is 0 Å². The molecular weight excluding hydrogens is 325 g/mol. The Balaban J connectivity index is 1.64. The Hall–Kier alpha value is -2.60. The molecule has 0 saturated heterocycles. The third-order valence-electron chi connectivity index (χ3n) is 3.43. The van der Waals surface area contributed by atoms with Crippen molar-refractivity contribution < 1.29 is 9.18 Å². The molecule has 0 atom stereocenters. The van der Waals surface area contributed by atoms with Crippen LogP contribution in [0.2, 0.25) is 0 Å². The summed E-state index contributed by atoms with van der Waals surface area (Å²) >= 11 is 1.44. The lowest BCUT2D eigenvalue weighted by Crippen LogP contribution is -2.14. The van der Waals surface area contributed by atoms with Gasteiger partial charge >= 0.3 is 0 Å². The summed E-state index contributed by atoms with van der Waals surface area (Å²) < 4.78 is 15.9. The Labute approximate surface area is 143 Å². The van der Waals surface area contributed by atoms with E-state index in [9.17, 15) is 9.18 Å². The molecule has 0 unspecified atom stereocenters. The molecule has 0 aliphatic carbocycles. The number of hydrogen-bond donors (Lipinski definition) is 1. The maximum atomic E-state index is 14.3. The van der Waals surface area contributed by atoms with E-state index in [4.69, 9.17) is 0 Å². The predicted octanol–water partition coefficient (Wildman–Crippen LogP) is 4.05. The Morgan fingerprint density at radius 1 is 1.25 bits per heavy atom. The number of imidazole rings is 1. The average Bonchev–Trinajstić information content (AvgIpc) is 3.00. The van der Waals surface area contributed by atoms with Gasteiger partial charge in [-0.3, -0.25) is 4.79 Å². The van der Waals surface area contributed by atoms with E-state index < -0.39 is 5.82 Å². The normalized spacial score (nSPS) is 10.6. The van der Waals surface area contributed by atoms with Gasteiger partial charge in [0.1, 0.15) is 11.6 Å². The SMILES string of the molecule is Cc1nccn1-c1ccc(NC(=O)CSc2ccccc2)cc1F. The summed E-state index contributed by atoms with van der Waals surface area (Å²) in [7, 11) is 0. The van der Waals surface area contributed by atoms with Crippen LogP contribution in [0.5, 0.6) is 0 Å². The molecule has 3 aromatic rings. The van der Waals surface area contributed by atoms with Crippen molar-refractivity contribution in [1.29, 1.82) is 0 Å². The quantitative estimate of drug-likeness (QED) is 0.712. The number of rotatable bonds is 5. The molecule has 0 aliphatic heterocycles. The van der Waals surface area contributed by atoms with E-state index in [-0.39, 0.29) is 11.7 Å². The minimum absolute atomic E-state index is 0.171. The highest BCUT2D eigenvalue weighted by molar-refractivity contribution is 8.00. The van der Waals surface area contributed by atoms with Crippen molar-refractivity contribution in [3.8, 4) is 5.69 Å². The molecule has 1 N–H and O–H groups in total. The van der Waals surface area contributed by atoms with Gasteiger partial charge in [0, 0.05) is 23.0 Å². The molecule has 0 spiro atoms. The third kappa shape index (κ3) is 3.83. The van der Waals surface area contributed by atoms with Crippen LogP contribution in [-0.4, -0.2) is 21.2 Å². The van der Waals surface area contributed by atoms with Crippen molar-refractivity contribution in [3.63, 3.8) is 0 Å². The summed E-state index contributed by atoms with van der Waals surface area (Å²) in [5.41, 5.74) is 0.842. The molecule has 1 amide bonds. The lowest BCUT2D eigenvalue weighted by atomic mass is 10.2. The summed E-state index contributed by atoms with van der Waals surface area (Å²) in [5, 5.41) is 2.72. The number of nitrogens with one attached hydrogen (secondary N) is 1. The number of hydrogen-bond acceptors (Lipinski definition) is 3. The summed E-state index contributed by atoms with van der Waals surface area (Å²) in [6.07, 6.45) is 3.31. The first-order valence-corrected chi connectivity index (χ1v) is 8.39. The molecular formula is C18H16FN3OS. The van der Waals surface area contributed by atoms with Gasteiger partial charge in [-0.2, -0.15) is 0 Å². The van der Waals surface area contributed by atoms with Gasteiger partial charge in [0.15, 0.2) is 0 Å². The number of nitrogens with zero attached hydrogens (tertiary/aromatic N) is 2. The minimum atomic E-state index is -0.412. The number of aryl methyl sites for hydroxylation is 1. The third-order valence-corrected chi connectivity index (χ3v) is 4.44. The van der Waals surface area contributed by atoms with E-state index in [2.05, 4.69) is 10.3 Å². The first-order chi connectivity index (χ1) is 11.6. The Bertz CT molecular complexity index is 848. The van der Waals surface area contributed by atoms with Crippen LogP contribution in [0.15, 0.2) is 65.8 Å². The van der Waals surface area contributed by atoms with Gasteiger partial charge in [-0.15, -0.1) is 11.8 Å². The summed E-state index contributed by atoms with van der Waals surface area (Å²) in [6.45, 7) is 1.80. The van der Waals surface area contributed by atoms with Crippen LogP contribution in [0.3, 0.4) is 0 Å². The lowest BCUT2D eigenvalue weighted by Gasteiger charge is -2.10. The molecule has 2 aromatic carbocycles. The predicted molar refractivity (Wildman–Crippen MR) is 94.1 cm³/mol. The fourth-order valence-corrected chi connectivity index (χ4v) is 2.99. The van der Waals surface area contributed by atoms with Gasteiger partial charge in [-0.05, 0) is 37.3 Å². The number of amides is 1. The van der Waals surface area contributed by atoms with Crippen LogP contribution in [0.25, 0.3) is 5.69 Å². The van der Waals surface area contributed by atoms with Gasteiger partial charge in [0.05, 0.1) is 11.4 Å². The van der Waals surface area contributed by atoms with Crippen molar-refractivity contribution in [2.24, 2.45) is 0 Å². The van der Waals surface area contributed by atoms with E-state index in [1.54, 1.807) is 36.0 Å². The first kappa shape index (κ1) is 16.3. The topological polar surface area (TPSA) is 46.9 Å². The second-order valence-electron chi connectivity index (χ2n) is 5.16. The zero-order valence-corrected chi connectivity index (χ0v) is 13.9. The maximum absolute atomic E-state index is 14.3. The molecule has 0 fully saturated rings. The van der Waals surface area contributed by atoms with Crippen LogP contribution in [0.1, 0.15) is 5.82 Å². The molecule has 0 bridgehead atoms. The van der Waals surface area contributed by atoms with Gasteiger partial charge in [0.2, 0.25) is 5.91 Å². The number of halogens is 1. The van der Waals surface area contributed by atoms with E-state index in [0.717, 1.165) is 4.90 Å². The van der Waals surface area contributed by atoms with Crippen molar-refractivity contribution in [2.75, 3.05) is 11.1 Å². The maximum Gasteiger partial charge on any atom is 0.234 e. The number of benzene rings is 2. The fourth-order valence-electron chi connectivity index (χ4n) is 2.28. The zero-order valence-electron chi connectivity index (χ0n) is 13.1. The molecule has 1 heterocycles.